The first-order valence-electron chi connectivity index (χ1n) is 3.51. The summed E-state index contributed by atoms with van der Waals surface area (Å²) in [5.41, 5.74) is 0. The van der Waals surface area contributed by atoms with Crippen LogP contribution in [0.3, 0.4) is 0 Å². The van der Waals surface area contributed by atoms with Crippen LogP contribution < -0.4 is 0 Å². The summed E-state index contributed by atoms with van der Waals surface area (Å²) in [4.78, 5) is 0. The first-order valence-corrected chi connectivity index (χ1v) is 3.51. The molecule has 0 spiro atoms. The summed E-state index contributed by atoms with van der Waals surface area (Å²) in [6.07, 6.45) is -0.600. The van der Waals surface area contributed by atoms with Gasteiger partial charge in [0.2, 0.25) is 0 Å². The van der Waals surface area contributed by atoms with Crippen LogP contribution in [0.25, 0.3) is 0 Å². The molecule has 1 saturated heterocycles. The Labute approximate surface area is 60.9 Å². The maximum Gasteiger partial charge on any atom is 0.163 e. The largest absolute Gasteiger partial charge is 0.391 e. The Morgan fingerprint density at radius 1 is 1.60 bits per heavy atom. The SMILES string of the molecule is C[C@@H](O)C1COC(C)(C)O1. The van der Waals surface area contributed by atoms with Gasteiger partial charge in [-0.05, 0) is 20.8 Å². The first kappa shape index (κ1) is 7.98. The lowest BCUT2D eigenvalue weighted by Crippen LogP contribution is -2.28. The molecule has 1 fully saturated rings. The maximum absolute atomic E-state index is 9.08. The lowest BCUT2D eigenvalue weighted by molar-refractivity contribution is -0.149. The van der Waals surface area contributed by atoms with Crippen molar-refractivity contribution in [1.29, 1.82) is 0 Å². The van der Waals surface area contributed by atoms with E-state index in [4.69, 9.17) is 14.6 Å². The smallest absolute Gasteiger partial charge is 0.163 e. The summed E-state index contributed by atoms with van der Waals surface area (Å²) >= 11 is 0. The second-order valence-electron chi connectivity index (χ2n) is 3.11. The van der Waals surface area contributed by atoms with E-state index in [-0.39, 0.29) is 6.10 Å². The molecule has 1 N–H and O–H groups in total. The number of aliphatic hydroxyl groups is 1. The molecule has 1 aliphatic rings. The van der Waals surface area contributed by atoms with Gasteiger partial charge in [-0.2, -0.15) is 0 Å². The quantitative estimate of drug-likeness (QED) is 0.586. The average Bonchev–Trinajstić information content (AvgIpc) is 2.10. The minimum atomic E-state index is -0.512. The normalized spacial score (nSPS) is 34.2. The van der Waals surface area contributed by atoms with E-state index in [1.807, 2.05) is 13.8 Å². The van der Waals surface area contributed by atoms with E-state index in [0.717, 1.165) is 0 Å². The molecule has 0 bridgehead atoms. The van der Waals surface area contributed by atoms with Gasteiger partial charge in [0.15, 0.2) is 5.79 Å². The van der Waals surface area contributed by atoms with Gasteiger partial charge in [0.05, 0.1) is 12.7 Å². The van der Waals surface area contributed by atoms with Gasteiger partial charge in [-0.25, -0.2) is 0 Å². The Bertz CT molecular complexity index is 120. The molecule has 1 rings (SSSR count). The van der Waals surface area contributed by atoms with Crippen LogP contribution >= 0.6 is 0 Å². The minimum Gasteiger partial charge on any atom is -0.391 e. The fourth-order valence-electron chi connectivity index (χ4n) is 0.953. The standard InChI is InChI=1S/C7H14O3/c1-5(8)6-4-9-7(2,3)10-6/h5-6,8H,4H2,1-3H3/t5-,6?/m1/s1. The molecule has 0 saturated carbocycles. The zero-order valence-electron chi connectivity index (χ0n) is 6.63. The molecule has 3 nitrogen and oxygen atoms in total. The Hall–Kier alpha value is -0.120. The molecular formula is C7H14O3. The highest BCUT2D eigenvalue weighted by atomic mass is 16.7. The highest BCUT2D eigenvalue weighted by Gasteiger charge is 2.34. The molecule has 0 aliphatic carbocycles. The van der Waals surface area contributed by atoms with Gasteiger partial charge in [0.1, 0.15) is 6.10 Å². The minimum absolute atomic E-state index is 0.157. The average molecular weight is 146 g/mol. The van der Waals surface area contributed by atoms with E-state index < -0.39 is 11.9 Å². The van der Waals surface area contributed by atoms with Crippen molar-refractivity contribution >= 4 is 0 Å². The van der Waals surface area contributed by atoms with Gasteiger partial charge < -0.3 is 14.6 Å². The van der Waals surface area contributed by atoms with Crippen LogP contribution in [0.5, 0.6) is 0 Å². The summed E-state index contributed by atoms with van der Waals surface area (Å²) < 4.78 is 10.6. The van der Waals surface area contributed by atoms with Crippen molar-refractivity contribution in [2.45, 2.75) is 38.8 Å². The van der Waals surface area contributed by atoms with Crippen molar-refractivity contribution in [2.75, 3.05) is 6.61 Å². The monoisotopic (exact) mass is 146 g/mol. The van der Waals surface area contributed by atoms with Gasteiger partial charge in [-0.15, -0.1) is 0 Å². The molecule has 0 aromatic heterocycles. The molecule has 2 atom stereocenters. The first-order chi connectivity index (χ1) is 4.51. The van der Waals surface area contributed by atoms with Crippen molar-refractivity contribution < 1.29 is 14.6 Å². The van der Waals surface area contributed by atoms with E-state index in [0.29, 0.717) is 6.61 Å². The van der Waals surface area contributed by atoms with Crippen LogP contribution in [0, 0.1) is 0 Å². The molecular weight excluding hydrogens is 132 g/mol. The van der Waals surface area contributed by atoms with E-state index in [2.05, 4.69) is 0 Å². The van der Waals surface area contributed by atoms with Crippen LogP contribution in [-0.2, 0) is 9.47 Å². The van der Waals surface area contributed by atoms with E-state index in [1.54, 1.807) is 6.92 Å². The summed E-state index contributed by atoms with van der Waals surface area (Å²) in [7, 11) is 0. The van der Waals surface area contributed by atoms with Crippen LogP contribution in [0.1, 0.15) is 20.8 Å². The van der Waals surface area contributed by atoms with Gasteiger partial charge >= 0.3 is 0 Å². The fraction of sp³-hybridized carbons (Fsp3) is 1.00. The van der Waals surface area contributed by atoms with E-state index >= 15 is 0 Å². The third-order valence-electron chi connectivity index (χ3n) is 1.57. The molecule has 0 aromatic carbocycles. The van der Waals surface area contributed by atoms with Crippen LogP contribution in [0.4, 0.5) is 0 Å². The molecule has 1 heterocycles. The summed E-state index contributed by atoms with van der Waals surface area (Å²) in [6.45, 7) is 5.88. The molecule has 60 valence electrons. The summed E-state index contributed by atoms with van der Waals surface area (Å²) in [6, 6.07) is 0. The van der Waals surface area contributed by atoms with Gasteiger partial charge in [0, 0.05) is 0 Å². The molecule has 0 radical (unpaired) electrons. The zero-order chi connectivity index (χ0) is 7.78. The Kier molecular flexibility index (Phi) is 1.99. The van der Waals surface area contributed by atoms with Crippen molar-refractivity contribution in [2.24, 2.45) is 0 Å². The Morgan fingerprint density at radius 2 is 2.20 bits per heavy atom. The van der Waals surface area contributed by atoms with E-state index in [1.165, 1.54) is 0 Å². The number of ether oxygens (including phenoxy) is 2. The second kappa shape index (κ2) is 2.49. The second-order valence-corrected chi connectivity index (χ2v) is 3.11. The van der Waals surface area contributed by atoms with Crippen LogP contribution in [0.2, 0.25) is 0 Å². The Balaban J connectivity index is 2.43. The molecule has 0 aromatic rings. The Morgan fingerprint density at radius 3 is 2.40 bits per heavy atom. The lowest BCUT2D eigenvalue weighted by Gasteiger charge is -2.17. The third kappa shape index (κ3) is 1.68. The maximum atomic E-state index is 9.08. The molecule has 1 aliphatic heterocycles. The molecule has 1 unspecified atom stereocenters. The highest BCUT2D eigenvalue weighted by molar-refractivity contribution is 4.74. The van der Waals surface area contributed by atoms with E-state index in [9.17, 15) is 0 Å². The summed E-state index contributed by atoms with van der Waals surface area (Å²) in [5.74, 6) is -0.512. The number of rotatable bonds is 1. The number of hydrogen-bond donors (Lipinski definition) is 1. The fourth-order valence-corrected chi connectivity index (χ4v) is 0.953. The van der Waals surface area contributed by atoms with Crippen LogP contribution in [-0.4, -0.2) is 29.7 Å². The van der Waals surface area contributed by atoms with Gasteiger partial charge in [-0.1, -0.05) is 0 Å². The molecule has 3 heteroatoms. The highest BCUT2D eigenvalue weighted by Crippen LogP contribution is 2.23. The van der Waals surface area contributed by atoms with Crippen molar-refractivity contribution in [1.82, 2.24) is 0 Å². The lowest BCUT2D eigenvalue weighted by atomic mass is 10.2. The van der Waals surface area contributed by atoms with Crippen molar-refractivity contribution in [3.63, 3.8) is 0 Å². The molecule has 0 amide bonds. The number of aliphatic hydroxyl groups excluding tert-OH is 1. The van der Waals surface area contributed by atoms with Crippen molar-refractivity contribution in [3.8, 4) is 0 Å². The van der Waals surface area contributed by atoms with Gasteiger partial charge in [-0.3, -0.25) is 0 Å². The topological polar surface area (TPSA) is 38.7 Å². The zero-order valence-corrected chi connectivity index (χ0v) is 6.63. The predicted molar refractivity (Wildman–Crippen MR) is 36.6 cm³/mol. The number of hydrogen-bond acceptors (Lipinski definition) is 3. The van der Waals surface area contributed by atoms with Gasteiger partial charge in [0.25, 0.3) is 0 Å². The van der Waals surface area contributed by atoms with Crippen molar-refractivity contribution in [3.05, 3.63) is 0 Å². The predicted octanol–water partition coefficient (Wildman–Crippen LogP) is 0.519. The third-order valence-corrected chi connectivity index (χ3v) is 1.57. The van der Waals surface area contributed by atoms with Crippen LogP contribution in [0.15, 0.2) is 0 Å². The summed E-state index contributed by atoms with van der Waals surface area (Å²) in [5, 5.41) is 9.08. The molecule has 10 heavy (non-hydrogen) atoms.